The molecule has 2 rings (SSSR count). The SMILES string of the molecule is CC(=O)Nc1ccc(C(O)CCN2CC(C)CC(C)C2)cc1. The first-order chi connectivity index (χ1) is 10.4. The van der Waals surface area contributed by atoms with E-state index in [0.29, 0.717) is 0 Å². The molecule has 4 nitrogen and oxygen atoms in total. The van der Waals surface area contributed by atoms with Crippen LogP contribution in [0, 0.1) is 11.8 Å². The van der Waals surface area contributed by atoms with Gasteiger partial charge in [-0.25, -0.2) is 0 Å². The molecule has 3 unspecified atom stereocenters. The Morgan fingerprint density at radius 3 is 2.41 bits per heavy atom. The maximum absolute atomic E-state index is 11.0. The lowest BCUT2D eigenvalue weighted by Gasteiger charge is -2.35. The number of carbonyl (C=O) groups is 1. The monoisotopic (exact) mass is 304 g/mol. The smallest absolute Gasteiger partial charge is 0.221 e. The van der Waals surface area contributed by atoms with Crippen molar-refractivity contribution in [2.45, 2.75) is 39.7 Å². The highest BCUT2D eigenvalue weighted by atomic mass is 16.3. The molecule has 0 radical (unpaired) electrons. The first-order valence-electron chi connectivity index (χ1n) is 8.22. The Kier molecular flexibility index (Phi) is 5.98. The Morgan fingerprint density at radius 2 is 1.86 bits per heavy atom. The summed E-state index contributed by atoms with van der Waals surface area (Å²) >= 11 is 0. The number of aliphatic hydroxyl groups is 1. The Labute approximate surface area is 133 Å². The zero-order valence-corrected chi connectivity index (χ0v) is 13.9. The largest absolute Gasteiger partial charge is 0.388 e. The zero-order valence-electron chi connectivity index (χ0n) is 13.9. The molecule has 0 aromatic heterocycles. The van der Waals surface area contributed by atoms with Gasteiger partial charge in [-0.15, -0.1) is 0 Å². The molecule has 1 aliphatic rings. The zero-order chi connectivity index (χ0) is 16.1. The summed E-state index contributed by atoms with van der Waals surface area (Å²) in [7, 11) is 0. The summed E-state index contributed by atoms with van der Waals surface area (Å²) in [4.78, 5) is 13.5. The van der Waals surface area contributed by atoms with E-state index in [2.05, 4.69) is 24.1 Å². The molecule has 1 saturated heterocycles. The fourth-order valence-corrected chi connectivity index (χ4v) is 3.44. The molecule has 0 bridgehead atoms. The van der Waals surface area contributed by atoms with Crippen molar-refractivity contribution in [2.75, 3.05) is 25.0 Å². The van der Waals surface area contributed by atoms with Gasteiger partial charge in [-0.1, -0.05) is 26.0 Å². The summed E-state index contributed by atoms with van der Waals surface area (Å²) in [5, 5.41) is 13.1. The van der Waals surface area contributed by atoms with E-state index in [9.17, 15) is 9.90 Å². The first-order valence-corrected chi connectivity index (χ1v) is 8.22. The fraction of sp³-hybridized carbons (Fsp3) is 0.611. The number of hydrogen-bond acceptors (Lipinski definition) is 3. The molecule has 0 spiro atoms. The van der Waals surface area contributed by atoms with E-state index in [1.807, 2.05) is 24.3 Å². The number of carbonyl (C=O) groups excluding carboxylic acids is 1. The molecule has 0 aliphatic carbocycles. The second-order valence-corrected chi connectivity index (χ2v) is 6.81. The maximum atomic E-state index is 11.0. The molecule has 1 amide bonds. The van der Waals surface area contributed by atoms with E-state index >= 15 is 0 Å². The molecule has 122 valence electrons. The Morgan fingerprint density at radius 1 is 1.27 bits per heavy atom. The van der Waals surface area contributed by atoms with Crippen molar-refractivity contribution in [3.05, 3.63) is 29.8 Å². The van der Waals surface area contributed by atoms with Crippen LogP contribution < -0.4 is 5.32 Å². The van der Waals surface area contributed by atoms with Crippen LogP contribution in [0.4, 0.5) is 5.69 Å². The average Bonchev–Trinajstić information content (AvgIpc) is 2.44. The van der Waals surface area contributed by atoms with Gasteiger partial charge in [0.15, 0.2) is 0 Å². The van der Waals surface area contributed by atoms with Gasteiger partial charge in [-0.2, -0.15) is 0 Å². The lowest BCUT2D eigenvalue weighted by Crippen LogP contribution is -2.39. The lowest BCUT2D eigenvalue weighted by atomic mass is 9.91. The molecular weight excluding hydrogens is 276 g/mol. The number of amides is 1. The molecule has 2 N–H and O–H groups in total. The Balaban J connectivity index is 1.84. The summed E-state index contributed by atoms with van der Waals surface area (Å²) in [5.74, 6) is 1.41. The van der Waals surface area contributed by atoms with Gasteiger partial charge in [0.05, 0.1) is 6.10 Å². The van der Waals surface area contributed by atoms with Crippen LogP contribution in [0.1, 0.15) is 45.3 Å². The van der Waals surface area contributed by atoms with Crippen molar-refractivity contribution in [3.63, 3.8) is 0 Å². The molecule has 4 heteroatoms. The van der Waals surface area contributed by atoms with Gasteiger partial charge in [0.25, 0.3) is 0 Å². The second kappa shape index (κ2) is 7.75. The minimum absolute atomic E-state index is 0.0818. The van der Waals surface area contributed by atoms with Crippen LogP contribution in [0.15, 0.2) is 24.3 Å². The standard InChI is InChI=1S/C18H28N2O2/c1-13-10-14(2)12-20(11-13)9-8-18(22)16-4-6-17(7-5-16)19-15(3)21/h4-7,13-14,18,22H,8-12H2,1-3H3,(H,19,21). The highest BCUT2D eigenvalue weighted by molar-refractivity contribution is 5.88. The van der Waals surface area contributed by atoms with E-state index in [1.54, 1.807) is 0 Å². The van der Waals surface area contributed by atoms with Gasteiger partial charge < -0.3 is 15.3 Å². The summed E-state index contributed by atoms with van der Waals surface area (Å²) < 4.78 is 0. The van der Waals surface area contributed by atoms with Gasteiger partial charge in [0, 0.05) is 32.2 Å². The number of nitrogens with zero attached hydrogens (tertiary/aromatic N) is 1. The van der Waals surface area contributed by atoms with Crippen molar-refractivity contribution >= 4 is 11.6 Å². The van der Waals surface area contributed by atoms with Gasteiger partial charge >= 0.3 is 0 Å². The molecule has 1 aromatic rings. The summed E-state index contributed by atoms with van der Waals surface area (Å²) in [6, 6.07) is 7.45. The number of nitrogens with one attached hydrogen (secondary N) is 1. The second-order valence-electron chi connectivity index (χ2n) is 6.81. The van der Waals surface area contributed by atoms with E-state index < -0.39 is 6.10 Å². The van der Waals surface area contributed by atoms with Crippen LogP contribution in [-0.4, -0.2) is 35.5 Å². The lowest BCUT2D eigenvalue weighted by molar-refractivity contribution is -0.114. The number of aliphatic hydroxyl groups excluding tert-OH is 1. The molecule has 22 heavy (non-hydrogen) atoms. The third-order valence-electron chi connectivity index (χ3n) is 4.28. The minimum atomic E-state index is -0.445. The van der Waals surface area contributed by atoms with Crippen LogP contribution in [0.5, 0.6) is 0 Å². The fourth-order valence-electron chi connectivity index (χ4n) is 3.44. The quantitative estimate of drug-likeness (QED) is 0.879. The Bertz CT molecular complexity index is 476. The number of piperidine rings is 1. The first kappa shape index (κ1) is 17.0. The van der Waals surface area contributed by atoms with Crippen molar-refractivity contribution < 1.29 is 9.90 Å². The molecule has 1 heterocycles. The molecular formula is C18H28N2O2. The summed E-state index contributed by atoms with van der Waals surface area (Å²) in [5.41, 5.74) is 1.68. The highest BCUT2D eigenvalue weighted by Crippen LogP contribution is 2.24. The summed E-state index contributed by atoms with van der Waals surface area (Å²) in [6.07, 6.45) is 1.61. The molecule has 0 saturated carbocycles. The maximum Gasteiger partial charge on any atom is 0.221 e. The van der Waals surface area contributed by atoms with Crippen LogP contribution in [0.25, 0.3) is 0 Å². The number of benzene rings is 1. The Hall–Kier alpha value is -1.39. The van der Waals surface area contributed by atoms with Gasteiger partial charge in [-0.05, 0) is 42.4 Å². The third kappa shape index (κ3) is 5.11. The van der Waals surface area contributed by atoms with E-state index in [-0.39, 0.29) is 5.91 Å². The number of hydrogen-bond donors (Lipinski definition) is 2. The van der Waals surface area contributed by atoms with Crippen LogP contribution in [0.2, 0.25) is 0 Å². The van der Waals surface area contributed by atoms with Crippen molar-refractivity contribution in [2.24, 2.45) is 11.8 Å². The molecule has 1 aromatic carbocycles. The number of likely N-dealkylation sites (tertiary alicyclic amines) is 1. The van der Waals surface area contributed by atoms with Gasteiger partial charge in [-0.3, -0.25) is 4.79 Å². The topological polar surface area (TPSA) is 52.6 Å². The van der Waals surface area contributed by atoms with E-state index in [0.717, 1.165) is 49.1 Å². The molecule has 1 aliphatic heterocycles. The van der Waals surface area contributed by atoms with Crippen molar-refractivity contribution in [1.82, 2.24) is 4.90 Å². The van der Waals surface area contributed by atoms with Crippen LogP contribution in [0.3, 0.4) is 0 Å². The molecule has 3 atom stereocenters. The highest BCUT2D eigenvalue weighted by Gasteiger charge is 2.22. The van der Waals surface area contributed by atoms with Crippen LogP contribution >= 0.6 is 0 Å². The predicted octanol–water partition coefficient (Wildman–Crippen LogP) is 3.05. The van der Waals surface area contributed by atoms with Gasteiger partial charge in [0.2, 0.25) is 5.91 Å². The van der Waals surface area contributed by atoms with Crippen molar-refractivity contribution in [1.29, 1.82) is 0 Å². The summed E-state index contributed by atoms with van der Waals surface area (Å²) in [6.45, 7) is 9.31. The average molecular weight is 304 g/mol. The predicted molar refractivity (Wildman–Crippen MR) is 89.7 cm³/mol. The van der Waals surface area contributed by atoms with Crippen molar-refractivity contribution in [3.8, 4) is 0 Å². The normalized spacial score (nSPS) is 24.0. The minimum Gasteiger partial charge on any atom is -0.388 e. The third-order valence-corrected chi connectivity index (χ3v) is 4.28. The van der Waals surface area contributed by atoms with Gasteiger partial charge in [0.1, 0.15) is 0 Å². The number of rotatable bonds is 5. The number of anilines is 1. The van der Waals surface area contributed by atoms with E-state index in [1.165, 1.54) is 13.3 Å². The molecule has 1 fully saturated rings. The van der Waals surface area contributed by atoms with E-state index in [4.69, 9.17) is 0 Å². The van der Waals surface area contributed by atoms with Crippen LogP contribution in [-0.2, 0) is 4.79 Å².